The van der Waals surface area contributed by atoms with Crippen LogP contribution in [0.3, 0.4) is 0 Å². The smallest absolute Gasteiger partial charge is 0.213 e. The zero-order chi connectivity index (χ0) is 19.9. The molecular formula is C20H25N5O3. The summed E-state index contributed by atoms with van der Waals surface area (Å²) in [6, 6.07) is 11.5. The van der Waals surface area contributed by atoms with Crippen LogP contribution in [-0.2, 0) is 11.3 Å². The fourth-order valence-corrected chi connectivity index (χ4v) is 2.73. The largest absolute Gasteiger partial charge is 0.491 e. The topological polar surface area (TPSA) is 74.5 Å². The van der Waals surface area contributed by atoms with Crippen molar-refractivity contribution in [3.05, 3.63) is 48.4 Å². The van der Waals surface area contributed by atoms with E-state index in [0.29, 0.717) is 25.6 Å². The Morgan fingerprint density at radius 1 is 0.964 bits per heavy atom. The van der Waals surface area contributed by atoms with Crippen molar-refractivity contribution >= 4 is 0 Å². The number of aromatic nitrogens is 4. The lowest BCUT2D eigenvalue weighted by Gasteiger charge is -2.14. The van der Waals surface area contributed by atoms with E-state index >= 15 is 0 Å². The number of nitrogens with zero attached hydrogens (tertiary/aromatic N) is 5. The van der Waals surface area contributed by atoms with E-state index in [1.54, 1.807) is 20.4 Å². The molecule has 0 aliphatic heterocycles. The van der Waals surface area contributed by atoms with E-state index in [0.717, 1.165) is 28.6 Å². The Kier molecular flexibility index (Phi) is 6.57. The van der Waals surface area contributed by atoms with Crippen molar-refractivity contribution in [3.8, 4) is 28.7 Å². The molecule has 0 aliphatic carbocycles. The third kappa shape index (κ3) is 4.65. The Morgan fingerprint density at radius 3 is 2.36 bits per heavy atom. The Balaban J connectivity index is 1.95. The first-order valence-corrected chi connectivity index (χ1v) is 8.94. The van der Waals surface area contributed by atoms with Gasteiger partial charge in [-0.3, -0.25) is 4.57 Å². The molecule has 0 radical (unpaired) electrons. The van der Waals surface area contributed by atoms with Crippen LogP contribution in [0.1, 0.15) is 5.82 Å². The highest BCUT2D eigenvalue weighted by atomic mass is 16.5. The zero-order valence-electron chi connectivity index (χ0n) is 16.6. The van der Waals surface area contributed by atoms with Crippen LogP contribution in [0, 0.1) is 0 Å². The van der Waals surface area contributed by atoms with Gasteiger partial charge in [0.05, 0.1) is 32.1 Å². The molecule has 0 spiro atoms. The maximum Gasteiger partial charge on any atom is 0.213 e. The van der Waals surface area contributed by atoms with Gasteiger partial charge in [-0.1, -0.05) is 0 Å². The molecule has 3 aromatic rings. The van der Waals surface area contributed by atoms with Gasteiger partial charge in [0.15, 0.2) is 11.6 Å². The second-order valence-corrected chi connectivity index (χ2v) is 6.44. The van der Waals surface area contributed by atoms with Gasteiger partial charge in [-0.15, -0.1) is 10.2 Å². The van der Waals surface area contributed by atoms with Crippen molar-refractivity contribution in [2.45, 2.75) is 6.54 Å². The Morgan fingerprint density at radius 2 is 1.75 bits per heavy atom. The number of hydrogen-bond acceptors (Lipinski definition) is 7. The first-order chi connectivity index (χ1) is 13.6. The van der Waals surface area contributed by atoms with Crippen molar-refractivity contribution in [1.29, 1.82) is 0 Å². The summed E-state index contributed by atoms with van der Waals surface area (Å²) in [4.78, 5) is 6.37. The summed E-state index contributed by atoms with van der Waals surface area (Å²) in [6.07, 6.45) is 1.76. The molecule has 2 aromatic heterocycles. The van der Waals surface area contributed by atoms with E-state index in [1.165, 1.54) is 0 Å². The predicted octanol–water partition coefficient (Wildman–Crippen LogP) is 2.42. The molecule has 0 unspecified atom stereocenters. The molecule has 28 heavy (non-hydrogen) atoms. The first-order valence-electron chi connectivity index (χ1n) is 8.94. The van der Waals surface area contributed by atoms with Gasteiger partial charge in [-0.2, -0.15) is 0 Å². The van der Waals surface area contributed by atoms with E-state index in [2.05, 4.69) is 15.2 Å². The first kappa shape index (κ1) is 19.8. The van der Waals surface area contributed by atoms with Gasteiger partial charge in [-0.25, -0.2) is 4.98 Å². The van der Waals surface area contributed by atoms with E-state index in [9.17, 15) is 0 Å². The normalized spacial score (nSPS) is 11.0. The fourth-order valence-electron chi connectivity index (χ4n) is 2.73. The highest BCUT2D eigenvalue weighted by Crippen LogP contribution is 2.25. The molecule has 0 saturated heterocycles. The average molecular weight is 383 g/mol. The lowest BCUT2D eigenvalue weighted by molar-refractivity contribution is 0.146. The van der Waals surface area contributed by atoms with Crippen molar-refractivity contribution in [2.75, 3.05) is 41.5 Å². The molecular weight excluding hydrogens is 358 g/mol. The Hall–Kier alpha value is -2.97. The lowest BCUT2D eigenvalue weighted by atomic mass is 10.2. The van der Waals surface area contributed by atoms with Crippen LogP contribution in [0.2, 0.25) is 0 Å². The van der Waals surface area contributed by atoms with Gasteiger partial charge >= 0.3 is 0 Å². The Bertz CT molecular complexity index is 876. The van der Waals surface area contributed by atoms with Crippen molar-refractivity contribution in [2.24, 2.45) is 0 Å². The summed E-state index contributed by atoms with van der Waals surface area (Å²) in [7, 11) is 7.24. The number of pyridine rings is 1. The second-order valence-electron chi connectivity index (χ2n) is 6.44. The minimum absolute atomic E-state index is 0.510. The third-order valence-corrected chi connectivity index (χ3v) is 4.04. The van der Waals surface area contributed by atoms with Crippen LogP contribution in [0.25, 0.3) is 17.1 Å². The number of benzene rings is 1. The lowest BCUT2D eigenvalue weighted by Crippen LogP contribution is -2.15. The fraction of sp³-hybridized carbons (Fsp3) is 0.350. The van der Waals surface area contributed by atoms with Gasteiger partial charge in [-0.05, 0) is 44.4 Å². The monoisotopic (exact) mass is 383 g/mol. The van der Waals surface area contributed by atoms with Crippen LogP contribution in [-0.4, -0.2) is 66.2 Å². The standard InChI is InChI=1S/C20H25N5O3/c1-24(2)14-18-22-23-20(25(18)16-7-10-19(27-4)21-13-16)15-5-8-17(9-6-15)28-12-11-26-3/h5-10,13H,11-12,14H2,1-4H3. The zero-order valence-corrected chi connectivity index (χ0v) is 16.6. The summed E-state index contributed by atoms with van der Waals surface area (Å²) in [6.45, 7) is 1.71. The molecule has 1 aromatic carbocycles. The molecule has 3 rings (SSSR count). The molecule has 0 aliphatic rings. The molecule has 0 saturated carbocycles. The van der Waals surface area contributed by atoms with E-state index in [4.69, 9.17) is 14.2 Å². The quantitative estimate of drug-likeness (QED) is 0.525. The maximum absolute atomic E-state index is 5.64. The number of rotatable bonds is 9. The summed E-state index contributed by atoms with van der Waals surface area (Å²) in [5.74, 6) is 2.91. The summed E-state index contributed by atoms with van der Waals surface area (Å²) in [5, 5.41) is 8.83. The summed E-state index contributed by atoms with van der Waals surface area (Å²) < 4.78 is 17.8. The van der Waals surface area contributed by atoms with Gasteiger partial charge in [0.2, 0.25) is 5.88 Å². The maximum atomic E-state index is 5.64. The number of methoxy groups -OCH3 is 2. The van der Waals surface area contributed by atoms with Gasteiger partial charge < -0.3 is 19.1 Å². The van der Waals surface area contributed by atoms with Gasteiger partial charge in [0, 0.05) is 18.7 Å². The van der Waals surface area contributed by atoms with Gasteiger partial charge in [0.25, 0.3) is 0 Å². The number of hydrogen-bond donors (Lipinski definition) is 0. The molecule has 0 amide bonds. The highest BCUT2D eigenvalue weighted by molar-refractivity contribution is 5.59. The Labute approximate surface area is 164 Å². The summed E-state index contributed by atoms with van der Waals surface area (Å²) >= 11 is 0. The van der Waals surface area contributed by atoms with Gasteiger partial charge in [0.1, 0.15) is 12.4 Å². The third-order valence-electron chi connectivity index (χ3n) is 4.04. The predicted molar refractivity (Wildman–Crippen MR) is 106 cm³/mol. The van der Waals surface area contributed by atoms with Crippen molar-refractivity contribution in [3.63, 3.8) is 0 Å². The molecule has 8 heteroatoms. The molecule has 0 fully saturated rings. The SMILES string of the molecule is COCCOc1ccc(-c2nnc(CN(C)C)n2-c2ccc(OC)nc2)cc1. The molecule has 0 atom stereocenters. The van der Waals surface area contributed by atoms with Crippen LogP contribution in [0.4, 0.5) is 0 Å². The van der Waals surface area contributed by atoms with Crippen LogP contribution >= 0.6 is 0 Å². The molecule has 148 valence electrons. The molecule has 0 bridgehead atoms. The minimum Gasteiger partial charge on any atom is -0.491 e. The highest BCUT2D eigenvalue weighted by Gasteiger charge is 2.16. The average Bonchev–Trinajstić information content (AvgIpc) is 3.11. The van der Waals surface area contributed by atoms with E-state index in [-0.39, 0.29) is 0 Å². The van der Waals surface area contributed by atoms with E-state index < -0.39 is 0 Å². The summed E-state index contributed by atoms with van der Waals surface area (Å²) in [5.41, 5.74) is 1.81. The molecule has 8 nitrogen and oxygen atoms in total. The minimum atomic E-state index is 0.510. The van der Waals surface area contributed by atoms with Crippen LogP contribution in [0.5, 0.6) is 11.6 Å². The molecule has 0 N–H and O–H groups in total. The van der Waals surface area contributed by atoms with Crippen LogP contribution < -0.4 is 9.47 Å². The second kappa shape index (κ2) is 9.29. The van der Waals surface area contributed by atoms with E-state index in [1.807, 2.05) is 60.0 Å². The van der Waals surface area contributed by atoms with Crippen molar-refractivity contribution < 1.29 is 14.2 Å². The number of ether oxygens (including phenoxy) is 3. The van der Waals surface area contributed by atoms with Crippen LogP contribution in [0.15, 0.2) is 42.6 Å². The van der Waals surface area contributed by atoms with Crippen molar-refractivity contribution in [1.82, 2.24) is 24.6 Å². The molecule has 2 heterocycles.